The summed E-state index contributed by atoms with van der Waals surface area (Å²) in [6.45, 7) is 5.74. The van der Waals surface area contributed by atoms with Gasteiger partial charge in [0.2, 0.25) is 5.95 Å². The SMILES string of the molecule is C[C@@H]1O[C@@H](C)CN[C@@H]1CNc1ncc(Cl)cn1. The van der Waals surface area contributed by atoms with E-state index >= 15 is 0 Å². The molecule has 0 unspecified atom stereocenters. The standard InChI is InChI=1S/C11H17ClN4O/c1-7-3-13-10(8(2)17-7)6-16-11-14-4-9(12)5-15-11/h4-5,7-8,10,13H,3,6H2,1-2H3,(H,14,15,16)/t7-,8-,10+/m0/s1. The summed E-state index contributed by atoms with van der Waals surface area (Å²) in [6.07, 6.45) is 3.60. The van der Waals surface area contributed by atoms with E-state index in [0.717, 1.165) is 13.1 Å². The Bertz CT molecular complexity index is 359. The molecule has 1 saturated heterocycles. The first kappa shape index (κ1) is 12.5. The third-order valence-corrected chi connectivity index (χ3v) is 2.98. The van der Waals surface area contributed by atoms with Crippen molar-refractivity contribution in [2.75, 3.05) is 18.4 Å². The number of ether oxygens (including phenoxy) is 1. The van der Waals surface area contributed by atoms with Crippen LogP contribution in [0, 0.1) is 0 Å². The molecule has 0 amide bonds. The highest BCUT2D eigenvalue weighted by Gasteiger charge is 2.25. The fourth-order valence-corrected chi connectivity index (χ4v) is 1.93. The number of anilines is 1. The minimum Gasteiger partial charge on any atom is -0.373 e. The second-order valence-corrected chi connectivity index (χ2v) is 4.71. The first-order chi connectivity index (χ1) is 8.15. The van der Waals surface area contributed by atoms with Gasteiger partial charge in [-0.3, -0.25) is 0 Å². The van der Waals surface area contributed by atoms with Crippen molar-refractivity contribution in [3.63, 3.8) is 0 Å². The van der Waals surface area contributed by atoms with Gasteiger partial charge in [0.1, 0.15) is 0 Å². The molecule has 17 heavy (non-hydrogen) atoms. The predicted molar refractivity (Wildman–Crippen MR) is 67.3 cm³/mol. The van der Waals surface area contributed by atoms with Gasteiger partial charge in [-0.1, -0.05) is 11.6 Å². The normalized spacial score (nSPS) is 29.0. The van der Waals surface area contributed by atoms with Crippen LogP contribution in [0.5, 0.6) is 0 Å². The van der Waals surface area contributed by atoms with E-state index in [1.807, 2.05) is 0 Å². The highest BCUT2D eigenvalue weighted by Crippen LogP contribution is 2.10. The number of nitrogens with one attached hydrogen (secondary N) is 2. The predicted octanol–water partition coefficient (Wildman–Crippen LogP) is 1.31. The Morgan fingerprint density at radius 2 is 2.18 bits per heavy atom. The van der Waals surface area contributed by atoms with Gasteiger partial charge < -0.3 is 15.4 Å². The molecule has 0 spiro atoms. The average Bonchev–Trinajstić information content (AvgIpc) is 2.30. The molecular weight excluding hydrogens is 240 g/mol. The number of halogens is 1. The van der Waals surface area contributed by atoms with Crippen LogP contribution in [-0.2, 0) is 4.74 Å². The van der Waals surface area contributed by atoms with Crippen molar-refractivity contribution >= 4 is 17.5 Å². The third kappa shape index (κ3) is 3.52. The number of morpholine rings is 1. The Balaban J connectivity index is 1.83. The van der Waals surface area contributed by atoms with E-state index in [0.29, 0.717) is 11.0 Å². The molecule has 2 N–H and O–H groups in total. The Labute approximate surface area is 106 Å². The molecule has 0 aromatic carbocycles. The fraction of sp³-hybridized carbons (Fsp3) is 0.636. The summed E-state index contributed by atoms with van der Waals surface area (Å²) < 4.78 is 5.74. The molecule has 1 fully saturated rings. The van der Waals surface area contributed by atoms with Gasteiger partial charge in [0, 0.05) is 13.1 Å². The van der Waals surface area contributed by atoms with Crippen LogP contribution >= 0.6 is 11.6 Å². The quantitative estimate of drug-likeness (QED) is 0.854. The minimum atomic E-state index is 0.179. The maximum Gasteiger partial charge on any atom is 0.222 e. The largest absolute Gasteiger partial charge is 0.373 e. The second-order valence-electron chi connectivity index (χ2n) is 4.27. The van der Waals surface area contributed by atoms with Gasteiger partial charge in [-0.2, -0.15) is 0 Å². The van der Waals surface area contributed by atoms with Crippen LogP contribution in [0.3, 0.4) is 0 Å². The Morgan fingerprint density at radius 1 is 1.47 bits per heavy atom. The van der Waals surface area contributed by atoms with E-state index in [4.69, 9.17) is 16.3 Å². The Morgan fingerprint density at radius 3 is 2.82 bits per heavy atom. The summed E-state index contributed by atoms with van der Waals surface area (Å²) in [4.78, 5) is 8.16. The van der Waals surface area contributed by atoms with Crippen LogP contribution in [0.4, 0.5) is 5.95 Å². The van der Waals surface area contributed by atoms with Gasteiger partial charge >= 0.3 is 0 Å². The third-order valence-electron chi connectivity index (χ3n) is 2.78. The van der Waals surface area contributed by atoms with Gasteiger partial charge in [-0.05, 0) is 13.8 Å². The van der Waals surface area contributed by atoms with Crippen molar-refractivity contribution in [1.82, 2.24) is 15.3 Å². The van der Waals surface area contributed by atoms with E-state index in [1.165, 1.54) is 0 Å². The molecule has 6 heteroatoms. The van der Waals surface area contributed by atoms with Crippen molar-refractivity contribution in [2.24, 2.45) is 0 Å². The van der Waals surface area contributed by atoms with Gasteiger partial charge in [0.05, 0.1) is 35.7 Å². The highest BCUT2D eigenvalue weighted by atomic mass is 35.5. The number of hydrogen-bond acceptors (Lipinski definition) is 5. The zero-order valence-corrected chi connectivity index (χ0v) is 10.7. The summed E-state index contributed by atoms with van der Waals surface area (Å²) in [7, 11) is 0. The second kappa shape index (κ2) is 5.62. The minimum absolute atomic E-state index is 0.179. The molecule has 0 aliphatic carbocycles. The monoisotopic (exact) mass is 256 g/mol. The summed E-state index contributed by atoms with van der Waals surface area (Å²) in [5.41, 5.74) is 0. The maximum absolute atomic E-state index is 5.74. The lowest BCUT2D eigenvalue weighted by Crippen LogP contribution is -2.53. The lowest BCUT2D eigenvalue weighted by molar-refractivity contribution is -0.0407. The molecule has 1 aliphatic rings. The van der Waals surface area contributed by atoms with Gasteiger partial charge in [-0.25, -0.2) is 9.97 Å². The van der Waals surface area contributed by atoms with E-state index in [9.17, 15) is 0 Å². The molecule has 0 bridgehead atoms. The van der Waals surface area contributed by atoms with Crippen molar-refractivity contribution in [2.45, 2.75) is 32.1 Å². The molecule has 2 heterocycles. The van der Waals surface area contributed by atoms with Crippen LogP contribution in [0.15, 0.2) is 12.4 Å². The summed E-state index contributed by atoms with van der Waals surface area (Å²) >= 11 is 5.71. The first-order valence-corrected chi connectivity index (χ1v) is 6.13. The van der Waals surface area contributed by atoms with Gasteiger partial charge in [-0.15, -0.1) is 0 Å². The zero-order valence-electron chi connectivity index (χ0n) is 9.98. The lowest BCUT2D eigenvalue weighted by Gasteiger charge is -2.34. The number of aromatic nitrogens is 2. The van der Waals surface area contributed by atoms with Crippen molar-refractivity contribution in [1.29, 1.82) is 0 Å². The Hall–Kier alpha value is -0.910. The fourth-order valence-electron chi connectivity index (χ4n) is 1.84. The zero-order chi connectivity index (χ0) is 12.3. The first-order valence-electron chi connectivity index (χ1n) is 5.75. The molecule has 1 aromatic rings. The molecule has 3 atom stereocenters. The maximum atomic E-state index is 5.74. The number of hydrogen-bond donors (Lipinski definition) is 2. The van der Waals surface area contributed by atoms with Crippen LogP contribution in [0.25, 0.3) is 0 Å². The molecule has 0 saturated carbocycles. The molecule has 1 aromatic heterocycles. The lowest BCUT2D eigenvalue weighted by atomic mass is 10.1. The molecule has 2 rings (SSSR count). The van der Waals surface area contributed by atoms with E-state index < -0.39 is 0 Å². The van der Waals surface area contributed by atoms with E-state index in [2.05, 4.69) is 34.4 Å². The van der Waals surface area contributed by atoms with Crippen molar-refractivity contribution in [3.8, 4) is 0 Å². The van der Waals surface area contributed by atoms with Crippen LogP contribution in [0.1, 0.15) is 13.8 Å². The molecular formula is C11H17ClN4O. The molecule has 0 radical (unpaired) electrons. The summed E-state index contributed by atoms with van der Waals surface area (Å²) in [5, 5.41) is 7.13. The molecule has 94 valence electrons. The Kier molecular flexibility index (Phi) is 4.15. The van der Waals surface area contributed by atoms with Crippen LogP contribution in [0.2, 0.25) is 5.02 Å². The smallest absolute Gasteiger partial charge is 0.222 e. The molecule has 1 aliphatic heterocycles. The number of rotatable bonds is 3. The average molecular weight is 257 g/mol. The van der Waals surface area contributed by atoms with Gasteiger partial charge in [0.15, 0.2) is 0 Å². The van der Waals surface area contributed by atoms with Crippen molar-refractivity contribution in [3.05, 3.63) is 17.4 Å². The van der Waals surface area contributed by atoms with E-state index in [-0.39, 0.29) is 18.2 Å². The van der Waals surface area contributed by atoms with E-state index in [1.54, 1.807) is 12.4 Å². The van der Waals surface area contributed by atoms with Crippen LogP contribution in [-0.4, -0.2) is 41.3 Å². The van der Waals surface area contributed by atoms with Crippen molar-refractivity contribution < 1.29 is 4.74 Å². The van der Waals surface area contributed by atoms with Gasteiger partial charge in [0.25, 0.3) is 0 Å². The molecule has 5 nitrogen and oxygen atoms in total. The topological polar surface area (TPSA) is 59.1 Å². The number of nitrogens with zero attached hydrogens (tertiary/aromatic N) is 2. The summed E-state index contributed by atoms with van der Waals surface area (Å²) in [6, 6.07) is 0.269. The van der Waals surface area contributed by atoms with Crippen LogP contribution < -0.4 is 10.6 Å². The summed E-state index contributed by atoms with van der Waals surface area (Å²) in [5.74, 6) is 0.585. The highest BCUT2D eigenvalue weighted by molar-refractivity contribution is 6.30.